The fourth-order valence-electron chi connectivity index (χ4n) is 3.21. The number of likely N-dealkylation sites (tertiary alicyclic amines) is 1. The van der Waals surface area contributed by atoms with Crippen molar-refractivity contribution in [2.45, 2.75) is 32.2 Å². The maximum atomic E-state index is 12.1. The lowest BCUT2D eigenvalue weighted by Crippen LogP contribution is -2.40. The van der Waals surface area contributed by atoms with E-state index in [9.17, 15) is 4.79 Å². The first-order chi connectivity index (χ1) is 11.3. The van der Waals surface area contributed by atoms with Crippen LogP contribution in [0.1, 0.15) is 25.3 Å². The summed E-state index contributed by atoms with van der Waals surface area (Å²) in [5.74, 6) is 0.0970. The highest BCUT2D eigenvalue weighted by Crippen LogP contribution is 2.15. The van der Waals surface area contributed by atoms with Gasteiger partial charge in [0, 0.05) is 25.0 Å². The summed E-state index contributed by atoms with van der Waals surface area (Å²) < 4.78 is 1.81. The molecule has 0 bridgehead atoms. The summed E-state index contributed by atoms with van der Waals surface area (Å²) in [6.45, 7) is 5.17. The molecule has 5 nitrogen and oxygen atoms in total. The Morgan fingerprint density at radius 3 is 2.87 bits per heavy atom. The first-order valence-corrected chi connectivity index (χ1v) is 8.36. The van der Waals surface area contributed by atoms with Crippen molar-refractivity contribution in [3.05, 3.63) is 48.3 Å². The largest absolute Gasteiger partial charge is 0.354 e. The zero-order chi connectivity index (χ0) is 16.1. The number of nitrogens with zero attached hydrogens (tertiary/aromatic N) is 3. The predicted molar refractivity (Wildman–Crippen MR) is 90.5 cm³/mol. The van der Waals surface area contributed by atoms with Gasteiger partial charge in [-0.3, -0.25) is 9.69 Å². The van der Waals surface area contributed by atoms with Gasteiger partial charge in [0.15, 0.2) is 0 Å². The van der Waals surface area contributed by atoms with Crippen LogP contribution in [0, 0.1) is 0 Å². The summed E-state index contributed by atoms with van der Waals surface area (Å²) in [5.41, 5.74) is 2.03. The van der Waals surface area contributed by atoms with Crippen molar-refractivity contribution in [3.63, 3.8) is 0 Å². The number of benzene rings is 1. The third-order valence-corrected chi connectivity index (χ3v) is 4.51. The normalized spacial score (nSPS) is 18.2. The van der Waals surface area contributed by atoms with Crippen LogP contribution in [0.4, 0.5) is 0 Å². The number of rotatable bonds is 6. The third kappa shape index (κ3) is 3.99. The van der Waals surface area contributed by atoms with E-state index in [4.69, 9.17) is 0 Å². The second-order valence-electron chi connectivity index (χ2n) is 6.02. The second kappa shape index (κ2) is 7.42. The Morgan fingerprint density at radius 2 is 2.17 bits per heavy atom. The fourth-order valence-corrected chi connectivity index (χ4v) is 3.21. The topological polar surface area (TPSA) is 50.2 Å². The van der Waals surface area contributed by atoms with Crippen molar-refractivity contribution < 1.29 is 4.79 Å². The van der Waals surface area contributed by atoms with Gasteiger partial charge in [-0.2, -0.15) is 5.10 Å². The van der Waals surface area contributed by atoms with Gasteiger partial charge < -0.3 is 5.32 Å². The Hall–Kier alpha value is -2.14. The molecule has 0 spiro atoms. The second-order valence-corrected chi connectivity index (χ2v) is 6.02. The summed E-state index contributed by atoms with van der Waals surface area (Å²) in [4.78, 5) is 14.6. The van der Waals surface area contributed by atoms with Crippen LogP contribution in [0.3, 0.4) is 0 Å². The highest BCUT2D eigenvalue weighted by molar-refractivity contribution is 5.78. The molecule has 122 valence electrons. The summed E-state index contributed by atoms with van der Waals surface area (Å²) in [7, 11) is 0. The van der Waals surface area contributed by atoms with Gasteiger partial charge in [0.2, 0.25) is 5.91 Å². The molecule has 1 aromatic heterocycles. The first kappa shape index (κ1) is 15.7. The molecule has 0 saturated carbocycles. The molecule has 2 aromatic rings. The number of carbonyl (C=O) groups excluding carboxylic acids is 1. The van der Waals surface area contributed by atoms with E-state index in [-0.39, 0.29) is 5.91 Å². The molecule has 1 N–H and O–H groups in total. The summed E-state index contributed by atoms with van der Waals surface area (Å²) in [5, 5.41) is 7.28. The van der Waals surface area contributed by atoms with E-state index in [2.05, 4.69) is 22.2 Å². The Bertz CT molecular complexity index is 621. The van der Waals surface area contributed by atoms with Crippen LogP contribution in [-0.4, -0.2) is 46.3 Å². The minimum atomic E-state index is 0.0970. The maximum absolute atomic E-state index is 12.1. The predicted octanol–water partition coefficient (Wildman–Crippen LogP) is 2.02. The van der Waals surface area contributed by atoms with Crippen LogP contribution in [-0.2, 0) is 11.2 Å². The molecule has 1 fully saturated rings. The molecule has 0 unspecified atom stereocenters. The van der Waals surface area contributed by atoms with E-state index >= 15 is 0 Å². The van der Waals surface area contributed by atoms with Crippen molar-refractivity contribution >= 4 is 5.91 Å². The van der Waals surface area contributed by atoms with E-state index in [0.29, 0.717) is 12.5 Å². The van der Waals surface area contributed by atoms with Crippen LogP contribution < -0.4 is 5.32 Å². The van der Waals surface area contributed by atoms with Crippen LogP contribution >= 0.6 is 0 Å². The van der Waals surface area contributed by atoms with E-state index in [1.54, 1.807) is 6.20 Å². The average molecular weight is 312 g/mol. The van der Waals surface area contributed by atoms with Crippen molar-refractivity contribution in [2.75, 3.05) is 19.6 Å². The third-order valence-electron chi connectivity index (χ3n) is 4.51. The average Bonchev–Trinajstić information content (AvgIpc) is 3.25. The summed E-state index contributed by atoms with van der Waals surface area (Å²) in [6, 6.07) is 10.4. The van der Waals surface area contributed by atoms with E-state index < -0.39 is 0 Å². The van der Waals surface area contributed by atoms with Crippen LogP contribution in [0.15, 0.2) is 42.7 Å². The Labute approximate surface area is 137 Å². The minimum absolute atomic E-state index is 0.0970. The zero-order valence-corrected chi connectivity index (χ0v) is 13.6. The zero-order valence-electron chi connectivity index (χ0n) is 13.6. The highest BCUT2D eigenvalue weighted by atomic mass is 16.1. The molecule has 1 saturated heterocycles. The Kier molecular flexibility index (Phi) is 5.08. The molecule has 0 aliphatic carbocycles. The summed E-state index contributed by atoms with van der Waals surface area (Å²) >= 11 is 0. The molecular formula is C18H24N4O. The Balaban J connectivity index is 1.50. The van der Waals surface area contributed by atoms with Gasteiger partial charge in [-0.15, -0.1) is 0 Å². The Morgan fingerprint density at radius 1 is 1.35 bits per heavy atom. The first-order valence-electron chi connectivity index (χ1n) is 8.36. The van der Waals surface area contributed by atoms with Crippen LogP contribution in [0.2, 0.25) is 0 Å². The number of carbonyl (C=O) groups is 1. The van der Waals surface area contributed by atoms with Gasteiger partial charge >= 0.3 is 0 Å². The molecule has 2 heterocycles. The molecule has 5 heteroatoms. The number of aromatic nitrogens is 2. The number of amides is 1. The molecule has 1 aromatic carbocycles. The van der Waals surface area contributed by atoms with E-state index in [1.807, 2.05) is 41.2 Å². The molecule has 3 rings (SSSR count). The molecule has 1 aliphatic rings. The van der Waals surface area contributed by atoms with Crippen molar-refractivity contribution in [3.8, 4) is 5.69 Å². The lowest BCUT2D eigenvalue weighted by molar-refractivity contribution is -0.120. The number of nitrogens with one attached hydrogen (secondary N) is 1. The smallest absolute Gasteiger partial charge is 0.224 e. The standard InChI is InChI=1S/C18H24N4O/c1-2-21-11-3-5-17(21)14-19-18(23)13-15-6-8-16(9-7-15)22-12-4-10-20-22/h4,6-10,12,17H,2-3,5,11,13-14H2,1H3,(H,19,23)/t17-/m1/s1. The molecule has 1 atom stereocenters. The van der Waals surface area contributed by atoms with Gasteiger partial charge in [0.05, 0.1) is 12.1 Å². The van der Waals surface area contributed by atoms with E-state index in [1.165, 1.54) is 12.8 Å². The SMILES string of the molecule is CCN1CCC[C@@H]1CNC(=O)Cc1ccc(-n2cccn2)cc1. The van der Waals surface area contributed by atoms with Gasteiger partial charge in [-0.25, -0.2) is 4.68 Å². The van der Waals surface area contributed by atoms with Gasteiger partial charge in [-0.05, 0) is 49.7 Å². The lowest BCUT2D eigenvalue weighted by Gasteiger charge is -2.22. The van der Waals surface area contributed by atoms with Crippen molar-refractivity contribution in [1.29, 1.82) is 0 Å². The van der Waals surface area contributed by atoms with Crippen molar-refractivity contribution in [1.82, 2.24) is 20.0 Å². The van der Waals surface area contributed by atoms with Crippen LogP contribution in [0.25, 0.3) is 5.69 Å². The molecule has 1 amide bonds. The number of hydrogen-bond acceptors (Lipinski definition) is 3. The quantitative estimate of drug-likeness (QED) is 0.888. The molecule has 1 aliphatic heterocycles. The monoisotopic (exact) mass is 312 g/mol. The number of hydrogen-bond donors (Lipinski definition) is 1. The van der Waals surface area contributed by atoms with Gasteiger partial charge in [-0.1, -0.05) is 19.1 Å². The van der Waals surface area contributed by atoms with Crippen molar-refractivity contribution in [2.24, 2.45) is 0 Å². The lowest BCUT2D eigenvalue weighted by atomic mass is 10.1. The number of likely N-dealkylation sites (N-methyl/N-ethyl adjacent to an activating group) is 1. The molecule has 23 heavy (non-hydrogen) atoms. The minimum Gasteiger partial charge on any atom is -0.354 e. The molecule has 0 radical (unpaired) electrons. The fraction of sp³-hybridized carbons (Fsp3) is 0.444. The molecular weight excluding hydrogens is 288 g/mol. The van der Waals surface area contributed by atoms with Crippen LogP contribution in [0.5, 0.6) is 0 Å². The van der Waals surface area contributed by atoms with Gasteiger partial charge in [0.25, 0.3) is 0 Å². The summed E-state index contributed by atoms with van der Waals surface area (Å²) in [6.07, 6.45) is 6.51. The maximum Gasteiger partial charge on any atom is 0.224 e. The van der Waals surface area contributed by atoms with Gasteiger partial charge in [0.1, 0.15) is 0 Å². The van der Waals surface area contributed by atoms with E-state index in [0.717, 1.165) is 30.9 Å². The highest BCUT2D eigenvalue weighted by Gasteiger charge is 2.22.